The monoisotopic (exact) mass is 298 g/mol. The van der Waals surface area contributed by atoms with E-state index in [-0.39, 0.29) is 0 Å². The predicted molar refractivity (Wildman–Crippen MR) is 83.4 cm³/mol. The molecule has 5 heteroatoms. The molecule has 0 amide bonds. The Morgan fingerprint density at radius 2 is 1.95 bits per heavy atom. The summed E-state index contributed by atoms with van der Waals surface area (Å²) in [5.74, 6) is 0.817. The van der Waals surface area contributed by atoms with Crippen LogP contribution in [-0.2, 0) is 13.1 Å². The van der Waals surface area contributed by atoms with Crippen molar-refractivity contribution in [1.29, 1.82) is 0 Å². The van der Waals surface area contributed by atoms with E-state index in [9.17, 15) is 0 Å². The Morgan fingerprint density at radius 1 is 1.05 bits per heavy atom. The van der Waals surface area contributed by atoms with E-state index in [1.165, 1.54) is 0 Å². The van der Waals surface area contributed by atoms with Gasteiger partial charge in [-0.1, -0.05) is 29.8 Å². The first-order chi connectivity index (χ1) is 10.3. The Hall–Kier alpha value is -2.17. The third-order valence-corrected chi connectivity index (χ3v) is 3.52. The van der Waals surface area contributed by atoms with Crippen molar-refractivity contribution in [2.24, 2.45) is 0 Å². The van der Waals surface area contributed by atoms with E-state index >= 15 is 0 Å². The maximum Gasteiger partial charge on any atom is 0.153 e. The molecule has 0 spiro atoms. The molecule has 2 heterocycles. The lowest BCUT2D eigenvalue weighted by Crippen LogP contribution is -2.13. The molecule has 106 valence electrons. The normalized spacial score (nSPS) is 10.7. The van der Waals surface area contributed by atoms with Crippen molar-refractivity contribution in [2.45, 2.75) is 13.1 Å². The molecule has 3 aromatic rings. The molecule has 4 nitrogen and oxygen atoms in total. The van der Waals surface area contributed by atoms with Crippen molar-refractivity contribution in [2.75, 3.05) is 0 Å². The third kappa shape index (κ3) is 3.48. The van der Waals surface area contributed by atoms with E-state index in [2.05, 4.69) is 15.4 Å². The van der Waals surface area contributed by atoms with Crippen LogP contribution in [0.5, 0.6) is 0 Å². The summed E-state index contributed by atoms with van der Waals surface area (Å²) in [6.07, 6.45) is 5.41. The van der Waals surface area contributed by atoms with Gasteiger partial charge in [-0.2, -0.15) is 5.10 Å². The summed E-state index contributed by atoms with van der Waals surface area (Å²) in [4.78, 5) is 4.31. The van der Waals surface area contributed by atoms with Crippen LogP contribution in [0.3, 0.4) is 0 Å². The minimum absolute atomic E-state index is 0.735. The predicted octanol–water partition coefficient (Wildman–Crippen LogP) is 3.21. The smallest absolute Gasteiger partial charge is 0.153 e. The number of aromatic nitrogens is 3. The molecule has 0 bridgehead atoms. The van der Waals surface area contributed by atoms with Crippen molar-refractivity contribution in [3.63, 3.8) is 0 Å². The molecule has 0 aliphatic heterocycles. The number of pyridine rings is 1. The van der Waals surface area contributed by atoms with Crippen molar-refractivity contribution < 1.29 is 0 Å². The zero-order chi connectivity index (χ0) is 14.5. The number of rotatable bonds is 5. The fraction of sp³-hybridized carbons (Fsp3) is 0.125. The summed E-state index contributed by atoms with van der Waals surface area (Å²) in [6, 6.07) is 13.7. The van der Waals surface area contributed by atoms with Gasteiger partial charge in [0, 0.05) is 36.7 Å². The first-order valence-corrected chi connectivity index (χ1v) is 7.10. The number of hydrogen-bond acceptors (Lipinski definition) is 3. The molecule has 2 aromatic heterocycles. The van der Waals surface area contributed by atoms with Gasteiger partial charge in [0.2, 0.25) is 0 Å². The van der Waals surface area contributed by atoms with Gasteiger partial charge in [0.15, 0.2) is 5.82 Å². The Balaban J connectivity index is 1.64. The van der Waals surface area contributed by atoms with Crippen LogP contribution in [0.2, 0.25) is 5.02 Å². The average Bonchev–Trinajstić information content (AvgIpc) is 3.04. The van der Waals surface area contributed by atoms with Gasteiger partial charge in [0.25, 0.3) is 0 Å². The molecule has 0 aliphatic carbocycles. The molecule has 21 heavy (non-hydrogen) atoms. The summed E-state index contributed by atoms with van der Waals surface area (Å²) >= 11 is 6.14. The van der Waals surface area contributed by atoms with E-state index in [0.717, 1.165) is 35.1 Å². The highest BCUT2D eigenvalue weighted by Gasteiger charge is 2.01. The topological polar surface area (TPSA) is 42.7 Å². The molecule has 0 fully saturated rings. The SMILES string of the molecule is Clc1ccccc1CNCc1ccnc(-n2cccn2)c1. The van der Waals surface area contributed by atoms with Crippen LogP contribution >= 0.6 is 11.6 Å². The number of benzene rings is 1. The summed E-state index contributed by atoms with van der Waals surface area (Å²) in [7, 11) is 0. The lowest BCUT2D eigenvalue weighted by Gasteiger charge is -2.08. The van der Waals surface area contributed by atoms with Crippen molar-refractivity contribution in [1.82, 2.24) is 20.1 Å². The molecule has 0 saturated heterocycles. The molecule has 1 aromatic carbocycles. The summed E-state index contributed by atoms with van der Waals surface area (Å²) in [5.41, 5.74) is 2.25. The maximum absolute atomic E-state index is 6.14. The Kier molecular flexibility index (Phi) is 4.28. The van der Waals surface area contributed by atoms with Gasteiger partial charge in [-0.15, -0.1) is 0 Å². The van der Waals surface area contributed by atoms with Crippen molar-refractivity contribution in [3.05, 3.63) is 77.2 Å². The molecule has 0 unspecified atom stereocenters. The Bertz CT molecular complexity index is 710. The van der Waals surface area contributed by atoms with Crippen LogP contribution < -0.4 is 5.32 Å². The van der Waals surface area contributed by atoms with Crippen LogP contribution in [0.1, 0.15) is 11.1 Å². The highest BCUT2D eigenvalue weighted by molar-refractivity contribution is 6.31. The minimum atomic E-state index is 0.735. The van der Waals surface area contributed by atoms with Crippen LogP contribution in [-0.4, -0.2) is 14.8 Å². The van der Waals surface area contributed by atoms with Crippen LogP contribution in [0, 0.1) is 0 Å². The maximum atomic E-state index is 6.14. The van der Waals surface area contributed by atoms with E-state index in [4.69, 9.17) is 11.6 Å². The van der Waals surface area contributed by atoms with Gasteiger partial charge < -0.3 is 5.32 Å². The molecule has 0 saturated carbocycles. The van der Waals surface area contributed by atoms with E-state index in [1.807, 2.05) is 48.7 Å². The second kappa shape index (κ2) is 6.52. The largest absolute Gasteiger partial charge is 0.309 e. The first kappa shape index (κ1) is 13.8. The Labute approximate surface area is 128 Å². The molecule has 1 N–H and O–H groups in total. The lowest BCUT2D eigenvalue weighted by atomic mass is 10.2. The van der Waals surface area contributed by atoms with Crippen LogP contribution in [0.15, 0.2) is 61.1 Å². The van der Waals surface area contributed by atoms with Gasteiger partial charge in [0.1, 0.15) is 0 Å². The van der Waals surface area contributed by atoms with Crippen molar-refractivity contribution in [3.8, 4) is 5.82 Å². The molecule has 0 radical (unpaired) electrons. The number of hydrogen-bond donors (Lipinski definition) is 1. The zero-order valence-corrected chi connectivity index (χ0v) is 12.2. The van der Waals surface area contributed by atoms with Crippen LogP contribution in [0.4, 0.5) is 0 Å². The molecule has 0 aliphatic rings. The van der Waals surface area contributed by atoms with Gasteiger partial charge in [-0.3, -0.25) is 0 Å². The zero-order valence-electron chi connectivity index (χ0n) is 11.4. The highest BCUT2D eigenvalue weighted by Crippen LogP contribution is 2.14. The summed E-state index contributed by atoms with van der Waals surface area (Å²) in [5, 5.41) is 8.36. The first-order valence-electron chi connectivity index (χ1n) is 6.72. The average molecular weight is 299 g/mol. The molecule has 0 atom stereocenters. The second-order valence-corrected chi connectivity index (χ2v) is 5.08. The van der Waals surface area contributed by atoms with E-state index in [1.54, 1.807) is 17.1 Å². The summed E-state index contributed by atoms with van der Waals surface area (Å²) in [6.45, 7) is 1.49. The van der Waals surface area contributed by atoms with Crippen molar-refractivity contribution >= 4 is 11.6 Å². The Morgan fingerprint density at radius 3 is 2.76 bits per heavy atom. The fourth-order valence-corrected chi connectivity index (χ4v) is 2.29. The summed E-state index contributed by atoms with van der Waals surface area (Å²) < 4.78 is 1.75. The number of halogens is 1. The minimum Gasteiger partial charge on any atom is -0.309 e. The highest BCUT2D eigenvalue weighted by atomic mass is 35.5. The van der Waals surface area contributed by atoms with E-state index < -0.39 is 0 Å². The van der Waals surface area contributed by atoms with Gasteiger partial charge in [-0.25, -0.2) is 9.67 Å². The fourth-order valence-electron chi connectivity index (χ4n) is 2.08. The van der Waals surface area contributed by atoms with Gasteiger partial charge in [-0.05, 0) is 35.4 Å². The second-order valence-electron chi connectivity index (χ2n) is 4.67. The molecular formula is C16H15ClN4. The van der Waals surface area contributed by atoms with Gasteiger partial charge in [0.05, 0.1) is 0 Å². The lowest BCUT2D eigenvalue weighted by molar-refractivity contribution is 0.691. The van der Waals surface area contributed by atoms with Gasteiger partial charge >= 0.3 is 0 Å². The van der Waals surface area contributed by atoms with E-state index in [0.29, 0.717) is 0 Å². The number of nitrogens with zero attached hydrogens (tertiary/aromatic N) is 3. The molecular weight excluding hydrogens is 284 g/mol. The van der Waals surface area contributed by atoms with Crippen LogP contribution in [0.25, 0.3) is 5.82 Å². The standard InChI is InChI=1S/C16H15ClN4/c17-15-5-2-1-4-14(15)12-18-11-13-6-8-19-16(10-13)21-9-3-7-20-21/h1-10,18H,11-12H2. The quantitative estimate of drug-likeness (QED) is 0.786. The molecule has 3 rings (SSSR count). The number of nitrogens with one attached hydrogen (secondary N) is 1. The third-order valence-electron chi connectivity index (χ3n) is 3.15.